The molecule has 1 amide bonds. The Morgan fingerprint density at radius 3 is 2.69 bits per heavy atom. The molecule has 0 fully saturated rings. The lowest BCUT2D eigenvalue weighted by molar-refractivity contribution is 0.102. The molecule has 32 heavy (non-hydrogen) atoms. The molecule has 3 heterocycles. The number of pyridine rings is 1. The number of anilines is 1. The molecule has 5 aromatic rings. The third kappa shape index (κ3) is 3.63. The number of aryl methyl sites for hydroxylation is 1. The van der Waals surface area contributed by atoms with E-state index in [2.05, 4.69) is 15.5 Å². The summed E-state index contributed by atoms with van der Waals surface area (Å²) in [7, 11) is 0. The number of halogens is 2. The Kier molecular flexibility index (Phi) is 4.95. The summed E-state index contributed by atoms with van der Waals surface area (Å²) in [6.45, 7) is 1.88. The van der Waals surface area contributed by atoms with Gasteiger partial charge in [-0.05, 0) is 61.0 Å². The van der Waals surface area contributed by atoms with Gasteiger partial charge in [0.2, 0.25) is 0 Å². The van der Waals surface area contributed by atoms with Gasteiger partial charge in [-0.25, -0.2) is 13.6 Å². The third-order valence-corrected chi connectivity index (χ3v) is 5.53. The van der Waals surface area contributed by atoms with Crippen LogP contribution in [0.4, 0.5) is 10.1 Å². The zero-order valence-corrected chi connectivity index (χ0v) is 17.7. The van der Waals surface area contributed by atoms with Gasteiger partial charge in [0.25, 0.3) is 5.91 Å². The smallest absolute Gasteiger partial charge is 0.259 e. The Morgan fingerprint density at radius 1 is 1.06 bits per heavy atom. The van der Waals surface area contributed by atoms with E-state index >= 15 is 0 Å². The summed E-state index contributed by atoms with van der Waals surface area (Å²) in [4.78, 5) is 12.9. The van der Waals surface area contributed by atoms with Crippen LogP contribution in [0.15, 0.2) is 79.4 Å². The van der Waals surface area contributed by atoms with Crippen molar-refractivity contribution in [3.05, 3.63) is 101 Å². The molecular weight excluding hydrogens is 429 g/mol. The maximum atomic E-state index is 13.2. The minimum Gasteiger partial charge on any atom is -0.322 e. The van der Waals surface area contributed by atoms with Crippen molar-refractivity contribution in [1.82, 2.24) is 19.4 Å². The molecule has 0 aliphatic carbocycles. The third-order valence-electron chi connectivity index (χ3n) is 5.22. The first kappa shape index (κ1) is 20.0. The summed E-state index contributed by atoms with van der Waals surface area (Å²) in [5.74, 6) is -0.570. The van der Waals surface area contributed by atoms with Gasteiger partial charge >= 0.3 is 0 Å². The molecule has 0 unspecified atom stereocenters. The Balaban J connectivity index is 1.47. The maximum Gasteiger partial charge on any atom is 0.259 e. The molecule has 0 bridgehead atoms. The molecule has 5 rings (SSSR count). The second-order valence-corrected chi connectivity index (χ2v) is 7.75. The van der Waals surface area contributed by atoms with Crippen LogP contribution >= 0.6 is 11.6 Å². The highest BCUT2D eigenvalue weighted by Gasteiger charge is 2.16. The summed E-state index contributed by atoms with van der Waals surface area (Å²) < 4.78 is 16.5. The highest BCUT2D eigenvalue weighted by molar-refractivity contribution is 6.33. The van der Waals surface area contributed by atoms with Crippen molar-refractivity contribution >= 4 is 28.7 Å². The predicted octanol–water partition coefficient (Wildman–Crippen LogP) is 5.54. The number of nitrogens with one attached hydrogen (secondary N) is 1. The summed E-state index contributed by atoms with van der Waals surface area (Å²) >= 11 is 6.51. The summed E-state index contributed by atoms with van der Waals surface area (Å²) in [6, 6.07) is 15.2. The summed E-state index contributed by atoms with van der Waals surface area (Å²) in [5, 5.41) is 12.1. The topological polar surface area (TPSA) is 64.2 Å². The van der Waals surface area contributed by atoms with Crippen LogP contribution in [0.2, 0.25) is 5.02 Å². The second kappa shape index (κ2) is 7.94. The van der Waals surface area contributed by atoms with Gasteiger partial charge in [-0.3, -0.25) is 4.79 Å². The van der Waals surface area contributed by atoms with Gasteiger partial charge in [0.15, 0.2) is 0 Å². The highest BCUT2D eigenvalue weighted by Crippen LogP contribution is 2.33. The molecule has 0 aliphatic heterocycles. The fraction of sp³-hybridized carbons (Fsp3) is 0.0417. The van der Waals surface area contributed by atoms with Crippen molar-refractivity contribution < 1.29 is 9.18 Å². The van der Waals surface area contributed by atoms with Crippen LogP contribution in [0.1, 0.15) is 15.9 Å². The molecule has 0 saturated carbocycles. The van der Waals surface area contributed by atoms with Gasteiger partial charge in [-0.1, -0.05) is 17.7 Å². The van der Waals surface area contributed by atoms with Crippen LogP contribution in [0.25, 0.3) is 22.3 Å². The molecule has 0 aliphatic rings. The minimum atomic E-state index is -0.311. The van der Waals surface area contributed by atoms with Crippen molar-refractivity contribution in [3.63, 3.8) is 0 Å². The Hall–Kier alpha value is -3.97. The minimum absolute atomic E-state index is 0.260. The van der Waals surface area contributed by atoms with Gasteiger partial charge in [0.05, 0.1) is 29.2 Å². The highest BCUT2D eigenvalue weighted by atomic mass is 35.5. The van der Waals surface area contributed by atoms with Crippen LogP contribution in [0, 0.1) is 12.7 Å². The van der Waals surface area contributed by atoms with Gasteiger partial charge in [0.1, 0.15) is 5.82 Å². The zero-order valence-electron chi connectivity index (χ0n) is 17.0. The predicted molar refractivity (Wildman–Crippen MR) is 122 cm³/mol. The number of nitrogens with zero attached hydrogens (tertiary/aromatic N) is 4. The van der Waals surface area contributed by atoms with Crippen LogP contribution in [-0.4, -0.2) is 25.3 Å². The Labute approximate surface area is 187 Å². The van der Waals surface area contributed by atoms with Crippen LogP contribution < -0.4 is 5.32 Å². The lowest BCUT2D eigenvalue weighted by Gasteiger charge is -2.11. The van der Waals surface area contributed by atoms with Crippen LogP contribution in [0.3, 0.4) is 0 Å². The molecule has 0 saturated heterocycles. The van der Waals surface area contributed by atoms with Crippen LogP contribution in [-0.2, 0) is 0 Å². The molecule has 1 N–H and O–H groups in total. The second-order valence-electron chi connectivity index (χ2n) is 7.34. The van der Waals surface area contributed by atoms with Crippen LogP contribution in [0.5, 0.6) is 0 Å². The molecule has 6 nitrogen and oxygen atoms in total. The molecule has 0 spiro atoms. The zero-order chi connectivity index (χ0) is 22.2. The van der Waals surface area contributed by atoms with Crippen molar-refractivity contribution in [2.75, 3.05) is 5.32 Å². The van der Waals surface area contributed by atoms with Gasteiger partial charge in [-0.2, -0.15) is 10.2 Å². The number of amides is 1. The summed E-state index contributed by atoms with van der Waals surface area (Å²) in [6.07, 6.45) is 6.82. The van der Waals surface area contributed by atoms with E-state index in [-0.39, 0.29) is 11.7 Å². The van der Waals surface area contributed by atoms with Gasteiger partial charge in [0, 0.05) is 34.2 Å². The number of carbonyl (C=O) groups excluding carboxylic acids is 1. The lowest BCUT2D eigenvalue weighted by Crippen LogP contribution is -2.12. The quantitative estimate of drug-likeness (QED) is 0.395. The average molecular weight is 446 g/mol. The number of benzene rings is 2. The first-order valence-electron chi connectivity index (χ1n) is 9.84. The van der Waals surface area contributed by atoms with E-state index in [4.69, 9.17) is 11.6 Å². The molecule has 3 aromatic heterocycles. The number of fused-ring (bicyclic) bond motifs is 1. The molecule has 8 heteroatoms. The number of hydrogen-bond acceptors (Lipinski definition) is 3. The van der Waals surface area contributed by atoms with Gasteiger partial charge in [-0.15, -0.1) is 0 Å². The number of hydrogen-bond donors (Lipinski definition) is 1. The normalized spacial score (nSPS) is 11.1. The first-order chi connectivity index (χ1) is 15.5. The molecule has 2 aromatic carbocycles. The van der Waals surface area contributed by atoms with Crippen molar-refractivity contribution in [1.29, 1.82) is 0 Å². The number of carbonyl (C=O) groups is 1. The summed E-state index contributed by atoms with van der Waals surface area (Å²) in [5.41, 5.74) is 4.88. The van der Waals surface area contributed by atoms with E-state index < -0.39 is 0 Å². The maximum absolute atomic E-state index is 13.2. The first-order valence-corrected chi connectivity index (χ1v) is 10.2. The lowest BCUT2D eigenvalue weighted by atomic mass is 10.0. The van der Waals surface area contributed by atoms with Crippen molar-refractivity contribution in [3.8, 4) is 16.8 Å². The molecular formula is C24H17ClFN5O. The fourth-order valence-corrected chi connectivity index (χ4v) is 3.85. The Bertz CT molecular complexity index is 1460. The largest absolute Gasteiger partial charge is 0.322 e. The van der Waals surface area contributed by atoms with E-state index in [1.165, 1.54) is 12.1 Å². The van der Waals surface area contributed by atoms with E-state index in [0.29, 0.717) is 16.3 Å². The SMILES string of the molecule is Cc1cc(Cl)c(-c2cnn(-c3ccc(F)cc3)c2)cc1NC(=O)c1cnn2ccccc12. The van der Waals surface area contributed by atoms with Gasteiger partial charge < -0.3 is 5.32 Å². The standard InChI is InChI=1S/C24H17ClFN5O/c1-15-10-21(25)19(16-12-27-31(14-16)18-7-5-17(26)6-8-18)11-22(15)29-24(32)20-13-28-30-9-3-2-4-23(20)30/h2-14H,1H3,(H,29,32). The molecule has 0 atom stereocenters. The number of rotatable bonds is 4. The monoisotopic (exact) mass is 445 g/mol. The van der Waals surface area contributed by atoms with Crippen molar-refractivity contribution in [2.45, 2.75) is 6.92 Å². The van der Waals surface area contributed by atoms with Crippen molar-refractivity contribution in [2.24, 2.45) is 0 Å². The van der Waals surface area contributed by atoms with E-state index in [1.807, 2.05) is 31.2 Å². The number of aromatic nitrogens is 4. The van der Waals surface area contributed by atoms with E-state index in [0.717, 1.165) is 27.9 Å². The fourth-order valence-electron chi connectivity index (χ4n) is 3.52. The average Bonchev–Trinajstić information content (AvgIpc) is 3.44. The van der Waals surface area contributed by atoms with E-state index in [9.17, 15) is 9.18 Å². The van der Waals surface area contributed by atoms with E-state index in [1.54, 1.807) is 52.2 Å². The Morgan fingerprint density at radius 2 is 1.88 bits per heavy atom. The molecule has 158 valence electrons. The molecule has 0 radical (unpaired) electrons.